The quantitative estimate of drug-likeness (QED) is 0.551. The molecule has 2 heterocycles. The van der Waals surface area contributed by atoms with Crippen molar-refractivity contribution in [2.24, 2.45) is 0 Å². The van der Waals surface area contributed by atoms with Gasteiger partial charge in [-0.05, 0) is 6.42 Å². The molecule has 0 aliphatic carbocycles. The Balaban J connectivity index is 2.15. The number of rotatable bonds is 1. The molecule has 0 aromatic carbocycles. The minimum atomic E-state index is -0.887. The van der Waals surface area contributed by atoms with E-state index in [4.69, 9.17) is 9.47 Å². The van der Waals surface area contributed by atoms with Gasteiger partial charge in [-0.1, -0.05) is 6.92 Å². The summed E-state index contributed by atoms with van der Waals surface area (Å²) in [6, 6.07) is 0. The second kappa shape index (κ2) is 2.67. The van der Waals surface area contributed by atoms with Crippen molar-refractivity contribution in [2.75, 3.05) is 13.2 Å². The lowest BCUT2D eigenvalue weighted by atomic mass is 9.93. The van der Waals surface area contributed by atoms with Gasteiger partial charge in [-0.3, -0.25) is 0 Å². The van der Waals surface area contributed by atoms with Crippen molar-refractivity contribution < 1.29 is 19.7 Å². The molecule has 0 spiro atoms. The van der Waals surface area contributed by atoms with Gasteiger partial charge in [0.25, 0.3) is 0 Å². The maximum atomic E-state index is 9.93. The maximum absolute atomic E-state index is 9.93. The van der Waals surface area contributed by atoms with Crippen LogP contribution in [0.4, 0.5) is 0 Å². The van der Waals surface area contributed by atoms with Gasteiger partial charge in [0.15, 0.2) is 0 Å². The fraction of sp³-hybridized carbons (Fsp3) is 1.00. The Kier molecular flexibility index (Phi) is 1.88. The molecule has 70 valence electrons. The highest BCUT2D eigenvalue weighted by atomic mass is 16.6. The van der Waals surface area contributed by atoms with E-state index in [2.05, 4.69) is 0 Å². The van der Waals surface area contributed by atoms with Crippen molar-refractivity contribution in [3.63, 3.8) is 0 Å². The van der Waals surface area contributed by atoms with Crippen LogP contribution >= 0.6 is 0 Å². The Bertz CT molecular complexity index is 184. The average molecular weight is 174 g/mol. The molecule has 2 fully saturated rings. The summed E-state index contributed by atoms with van der Waals surface area (Å²) in [5.74, 6) is 0. The monoisotopic (exact) mass is 174 g/mol. The van der Waals surface area contributed by atoms with E-state index in [-0.39, 0.29) is 25.4 Å². The molecule has 4 atom stereocenters. The summed E-state index contributed by atoms with van der Waals surface area (Å²) in [6.45, 7) is 2.44. The highest BCUT2D eigenvalue weighted by Gasteiger charge is 2.54. The zero-order valence-electron chi connectivity index (χ0n) is 7.06. The molecule has 0 bridgehead atoms. The Morgan fingerprint density at radius 1 is 1.50 bits per heavy atom. The summed E-state index contributed by atoms with van der Waals surface area (Å²) in [7, 11) is 0. The average Bonchev–Trinajstić information content (AvgIpc) is 2.57. The molecular weight excluding hydrogens is 160 g/mol. The van der Waals surface area contributed by atoms with E-state index < -0.39 is 11.7 Å². The topological polar surface area (TPSA) is 58.9 Å². The van der Waals surface area contributed by atoms with Crippen molar-refractivity contribution in [2.45, 2.75) is 37.3 Å². The molecule has 2 rings (SSSR count). The standard InChI is InChI=1S/C8H14O4/c1-2-8(10)4-12-6-5(9)3-11-7(6)8/h5-7,9-10H,2-4H2,1H3/t5-,6+,7-,8+/m0/s1. The Hall–Kier alpha value is -0.160. The number of aliphatic hydroxyl groups is 2. The third-order valence-corrected chi connectivity index (χ3v) is 2.79. The molecule has 2 aliphatic heterocycles. The highest BCUT2D eigenvalue weighted by Crippen LogP contribution is 2.35. The zero-order chi connectivity index (χ0) is 8.77. The van der Waals surface area contributed by atoms with Gasteiger partial charge in [-0.15, -0.1) is 0 Å². The number of hydrogen-bond acceptors (Lipinski definition) is 4. The number of ether oxygens (including phenoxy) is 2. The summed E-state index contributed by atoms with van der Waals surface area (Å²) in [4.78, 5) is 0. The van der Waals surface area contributed by atoms with Crippen LogP contribution in [0.5, 0.6) is 0 Å². The molecule has 0 amide bonds. The maximum Gasteiger partial charge on any atom is 0.117 e. The van der Waals surface area contributed by atoms with Crippen LogP contribution < -0.4 is 0 Å². The lowest BCUT2D eigenvalue weighted by molar-refractivity contribution is -0.0708. The number of aliphatic hydroxyl groups excluding tert-OH is 1. The van der Waals surface area contributed by atoms with E-state index in [1.165, 1.54) is 0 Å². The first kappa shape index (κ1) is 8.44. The Labute approximate surface area is 71.1 Å². The fourth-order valence-electron chi connectivity index (χ4n) is 1.88. The van der Waals surface area contributed by atoms with Crippen LogP contribution in [0.3, 0.4) is 0 Å². The van der Waals surface area contributed by atoms with E-state index >= 15 is 0 Å². The van der Waals surface area contributed by atoms with Crippen LogP contribution in [-0.4, -0.2) is 47.3 Å². The SMILES string of the molecule is CC[C@@]1(O)CO[C@@H]2[C@@H](O)CO[C@@H]21. The molecule has 0 aromatic rings. The van der Waals surface area contributed by atoms with Gasteiger partial charge in [0, 0.05) is 0 Å². The third kappa shape index (κ3) is 0.992. The summed E-state index contributed by atoms with van der Waals surface area (Å²) in [5.41, 5.74) is -0.887. The van der Waals surface area contributed by atoms with E-state index in [1.807, 2.05) is 6.92 Å². The first-order chi connectivity index (χ1) is 5.67. The van der Waals surface area contributed by atoms with Crippen LogP contribution in [0.1, 0.15) is 13.3 Å². The van der Waals surface area contributed by atoms with E-state index in [9.17, 15) is 10.2 Å². The van der Waals surface area contributed by atoms with Gasteiger partial charge < -0.3 is 19.7 Å². The molecule has 0 saturated carbocycles. The van der Waals surface area contributed by atoms with Crippen molar-refractivity contribution in [3.05, 3.63) is 0 Å². The Morgan fingerprint density at radius 2 is 2.25 bits per heavy atom. The fourth-order valence-corrected chi connectivity index (χ4v) is 1.88. The summed E-state index contributed by atoms with van der Waals surface area (Å²) in [5, 5.41) is 19.3. The Morgan fingerprint density at radius 3 is 2.92 bits per heavy atom. The summed E-state index contributed by atoms with van der Waals surface area (Å²) >= 11 is 0. The van der Waals surface area contributed by atoms with Gasteiger partial charge in [-0.2, -0.15) is 0 Å². The number of hydrogen-bond donors (Lipinski definition) is 2. The normalized spacial score (nSPS) is 52.8. The van der Waals surface area contributed by atoms with E-state index in [1.54, 1.807) is 0 Å². The van der Waals surface area contributed by atoms with Crippen molar-refractivity contribution in [3.8, 4) is 0 Å². The smallest absolute Gasteiger partial charge is 0.117 e. The molecule has 0 radical (unpaired) electrons. The first-order valence-electron chi connectivity index (χ1n) is 4.31. The summed E-state index contributed by atoms with van der Waals surface area (Å²) in [6.07, 6.45) is -0.635. The lowest BCUT2D eigenvalue weighted by Crippen LogP contribution is -2.43. The van der Waals surface area contributed by atoms with Gasteiger partial charge in [-0.25, -0.2) is 0 Å². The largest absolute Gasteiger partial charge is 0.388 e. The van der Waals surface area contributed by atoms with Gasteiger partial charge in [0.05, 0.1) is 13.2 Å². The molecule has 2 N–H and O–H groups in total. The third-order valence-electron chi connectivity index (χ3n) is 2.79. The molecular formula is C8H14O4. The van der Waals surface area contributed by atoms with Gasteiger partial charge in [0.2, 0.25) is 0 Å². The van der Waals surface area contributed by atoms with Crippen molar-refractivity contribution >= 4 is 0 Å². The second-order valence-electron chi connectivity index (χ2n) is 3.55. The number of fused-ring (bicyclic) bond motifs is 1. The molecule has 4 nitrogen and oxygen atoms in total. The molecule has 0 unspecified atom stereocenters. The van der Waals surface area contributed by atoms with Crippen LogP contribution in [0.25, 0.3) is 0 Å². The van der Waals surface area contributed by atoms with E-state index in [0.717, 1.165) is 0 Å². The predicted molar refractivity (Wildman–Crippen MR) is 40.7 cm³/mol. The molecule has 2 aliphatic rings. The highest BCUT2D eigenvalue weighted by molar-refractivity contribution is 5.03. The van der Waals surface area contributed by atoms with Crippen LogP contribution in [0.2, 0.25) is 0 Å². The first-order valence-corrected chi connectivity index (χ1v) is 4.31. The minimum absolute atomic E-state index is 0.274. The van der Waals surface area contributed by atoms with E-state index in [0.29, 0.717) is 6.42 Å². The van der Waals surface area contributed by atoms with Gasteiger partial charge in [0.1, 0.15) is 23.9 Å². The predicted octanol–water partition coefficient (Wildman–Crippen LogP) is -0.714. The minimum Gasteiger partial charge on any atom is -0.388 e. The van der Waals surface area contributed by atoms with Crippen LogP contribution in [0, 0.1) is 0 Å². The van der Waals surface area contributed by atoms with Gasteiger partial charge >= 0.3 is 0 Å². The van der Waals surface area contributed by atoms with Crippen molar-refractivity contribution in [1.29, 1.82) is 0 Å². The molecule has 0 aromatic heterocycles. The van der Waals surface area contributed by atoms with Crippen molar-refractivity contribution in [1.82, 2.24) is 0 Å². The summed E-state index contributed by atoms with van der Waals surface area (Å²) < 4.78 is 10.5. The van der Waals surface area contributed by atoms with Crippen LogP contribution in [-0.2, 0) is 9.47 Å². The molecule has 2 saturated heterocycles. The second-order valence-corrected chi connectivity index (χ2v) is 3.55. The zero-order valence-corrected chi connectivity index (χ0v) is 7.06. The molecule has 12 heavy (non-hydrogen) atoms. The lowest BCUT2D eigenvalue weighted by Gasteiger charge is -2.24. The molecule has 4 heteroatoms. The van der Waals surface area contributed by atoms with Crippen LogP contribution in [0.15, 0.2) is 0 Å².